The van der Waals surface area contributed by atoms with Crippen molar-refractivity contribution >= 4 is 87.5 Å². The number of para-hydroxylation sites is 2. The second-order valence-electron chi connectivity index (χ2n) is 25.7. The quantitative estimate of drug-likeness (QED) is 0.137. The number of nitrogens with zero attached hydrogens (tertiary/aromatic N) is 6. The van der Waals surface area contributed by atoms with Crippen LogP contribution in [0, 0.1) is 0 Å². The summed E-state index contributed by atoms with van der Waals surface area (Å²) in [5.74, 6) is 0. The average Bonchev–Trinajstić information content (AvgIpc) is 1.61. The molecule has 0 unspecified atom stereocenters. The van der Waals surface area contributed by atoms with E-state index >= 15 is 0 Å². The highest BCUT2D eigenvalue weighted by atomic mass is 15.0. The van der Waals surface area contributed by atoms with E-state index < -0.39 is 0 Å². The Labute approximate surface area is 578 Å². The van der Waals surface area contributed by atoms with Gasteiger partial charge >= 0.3 is 0 Å². The predicted molar refractivity (Wildman–Crippen MR) is 418 cm³/mol. The molecule has 0 aliphatic heterocycles. The maximum atomic E-state index is 4.90. The minimum Gasteiger partial charge on any atom is -0.309 e. The van der Waals surface area contributed by atoms with Crippen LogP contribution in [0.25, 0.3) is 177 Å². The molecule has 0 radical (unpaired) electrons. The summed E-state index contributed by atoms with van der Waals surface area (Å²) < 4.78 is 9.45. The highest BCUT2D eigenvalue weighted by Gasteiger charge is 2.21. The van der Waals surface area contributed by atoms with Gasteiger partial charge in [-0.1, -0.05) is 231 Å². The predicted octanol–water partition coefficient (Wildman–Crippen LogP) is 24.6. The van der Waals surface area contributed by atoms with Crippen LogP contribution in [0.3, 0.4) is 0 Å². The van der Waals surface area contributed by atoms with Crippen molar-refractivity contribution in [2.45, 2.75) is 0 Å². The molecule has 0 saturated carbocycles. The minimum absolute atomic E-state index is 1.01. The van der Waals surface area contributed by atoms with Crippen molar-refractivity contribution in [1.82, 2.24) is 28.2 Å². The lowest BCUT2D eigenvalue weighted by molar-refractivity contribution is 1.18. The number of benzene rings is 14. The van der Waals surface area contributed by atoms with Crippen LogP contribution in [-0.4, -0.2) is 28.2 Å². The Kier molecular flexibility index (Phi) is 14.1. The Bertz CT molecular complexity index is 6080. The van der Waals surface area contributed by atoms with Gasteiger partial charge in [0, 0.05) is 67.5 Å². The molecule has 0 bridgehead atoms. The van der Waals surface area contributed by atoms with Gasteiger partial charge in [-0.15, -0.1) is 0 Å². The summed E-state index contributed by atoms with van der Waals surface area (Å²) in [6.45, 7) is 0. The fourth-order valence-electron chi connectivity index (χ4n) is 15.2. The molecule has 0 aliphatic carbocycles. The normalized spacial score (nSPS) is 11.6. The van der Waals surface area contributed by atoms with Crippen LogP contribution >= 0.6 is 0 Å². The van der Waals surface area contributed by atoms with Gasteiger partial charge in [0.1, 0.15) is 0 Å². The minimum atomic E-state index is 1.01. The molecule has 100 heavy (non-hydrogen) atoms. The molecule has 6 aromatic heterocycles. The third-order valence-electron chi connectivity index (χ3n) is 19.9. The molecule has 0 N–H and O–H groups in total. The molecular weight excluding hydrogens is 1210 g/mol. The molecule has 6 nitrogen and oxygen atoms in total. The van der Waals surface area contributed by atoms with Crippen LogP contribution in [0.1, 0.15) is 0 Å². The summed E-state index contributed by atoms with van der Waals surface area (Å²) in [5, 5.41) is 7.25. The van der Waals surface area contributed by atoms with Crippen molar-refractivity contribution in [2.24, 2.45) is 0 Å². The van der Waals surface area contributed by atoms with Gasteiger partial charge in [-0.05, 0) is 200 Å². The SMILES string of the molecule is c1ccc(-c2ccc(-n3c4ccccc4c4cc(-c5ccc6c(c5)c5ncccc5n6-c5ccc(-c6ccccc6)cc5)ccc43)cc2)cc1.c1ccc(-c2cccc(-n3c4ccccc4c4cc(-c5ccc6c(c5)c5ncccc5n6-c5cccc(-c6ccccc6)c5)ccc43)c2)cc1. The van der Waals surface area contributed by atoms with E-state index in [0.29, 0.717) is 0 Å². The van der Waals surface area contributed by atoms with Crippen LogP contribution in [0.4, 0.5) is 0 Å². The van der Waals surface area contributed by atoms with Gasteiger partial charge in [-0.25, -0.2) is 0 Å². The van der Waals surface area contributed by atoms with Gasteiger partial charge in [0.2, 0.25) is 0 Å². The molecule has 0 fully saturated rings. The van der Waals surface area contributed by atoms with Crippen LogP contribution in [0.5, 0.6) is 0 Å². The van der Waals surface area contributed by atoms with Gasteiger partial charge < -0.3 is 18.3 Å². The van der Waals surface area contributed by atoms with Crippen molar-refractivity contribution in [2.75, 3.05) is 0 Å². The second kappa shape index (κ2) is 24.3. The van der Waals surface area contributed by atoms with Crippen LogP contribution < -0.4 is 0 Å². The number of pyridine rings is 2. The Morgan fingerprint density at radius 2 is 0.410 bits per heavy atom. The topological polar surface area (TPSA) is 45.5 Å². The number of rotatable bonds is 10. The number of hydrogen-bond acceptors (Lipinski definition) is 2. The zero-order valence-electron chi connectivity index (χ0n) is 54.5. The summed E-state index contributed by atoms with van der Waals surface area (Å²) in [4.78, 5) is 9.79. The first-order valence-electron chi connectivity index (χ1n) is 34.1. The van der Waals surface area contributed by atoms with Crippen LogP contribution in [-0.2, 0) is 0 Å². The number of hydrogen-bond donors (Lipinski definition) is 0. The van der Waals surface area contributed by atoms with E-state index in [9.17, 15) is 0 Å². The molecule has 0 amide bonds. The van der Waals surface area contributed by atoms with E-state index in [4.69, 9.17) is 9.97 Å². The van der Waals surface area contributed by atoms with E-state index in [0.717, 1.165) is 66.6 Å². The summed E-state index contributed by atoms with van der Waals surface area (Å²) >= 11 is 0. The van der Waals surface area contributed by atoms with E-state index in [2.05, 4.69) is 370 Å². The van der Waals surface area contributed by atoms with Gasteiger partial charge in [0.15, 0.2) is 0 Å². The lowest BCUT2D eigenvalue weighted by Crippen LogP contribution is -1.94. The summed E-state index contributed by atoms with van der Waals surface area (Å²) in [6.07, 6.45) is 3.79. The molecular formula is C94H62N6. The fraction of sp³-hybridized carbons (Fsp3) is 0. The molecule has 0 saturated heterocycles. The van der Waals surface area contributed by atoms with Crippen LogP contribution in [0.2, 0.25) is 0 Å². The highest BCUT2D eigenvalue weighted by Crippen LogP contribution is 2.42. The standard InChI is InChI=1S/2C47H31N3/c1-3-12-32(13-4-1)34-16-9-18-38(28-34)49-43-21-8-7-20-40(43)41-30-36(23-25-44(41)49)37-24-26-45-42(31-37)47-46(22-11-27-48-47)50(45)39-19-10-17-35(29-39)33-14-5-2-6-15-33;1-3-10-32(11-4-1)34-17-23-38(24-18-34)49-43-15-8-7-14-40(43)41-30-36(21-27-44(41)49)37-22-28-45-42(31-37)47-46(16-9-29-48-47)50(45)39-25-19-35(20-26-39)33-12-5-2-6-13-33/h2*1-31H. The van der Waals surface area contributed by atoms with E-state index in [1.165, 1.54) is 110 Å². The van der Waals surface area contributed by atoms with Gasteiger partial charge in [0.05, 0.1) is 55.2 Å². The van der Waals surface area contributed by atoms with Crippen molar-refractivity contribution < 1.29 is 0 Å². The Morgan fingerprint density at radius 1 is 0.150 bits per heavy atom. The van der Waals surface area contributed by atoms with Crippen molar-refractivity contribution in [3.05, 3.63) is 376 Å². The molecule has 20 rings (SSSR count). The first-order chi connectivity index (χ1) is 49.6. The Balaban J connectivity index is 0.000000139. The lowest BCUT2D eigenvalue weighted by atomic mass is 10.0. The molecule has 0 aliphatic rings. The third kappa shape index (κ3) is 10.0. The van der Waals surface area contributed by atoms with Gasteiger partial charge in [-0.3, -0.25) is 9.97 Å². The highest BCUT2D eigenvalue weighted by molar-refractivity contribution is 6.14. The summed E-state index contributed by atoms with van der Waals surface area (Å²) in [7, 11) is 0. The van der Waals surface area contributed by atoms with E-state index in [-0.39, 0.29) is 0 Å². The second-order valence-corrected chi connectivity index (χ2v) is 25.7. The first-order valence-corrected chi connectivity index (χ1v) is 34.1. The first kappa shape index (κ1) is 58.0. The monoisotopic (exact) mass is 1270 g/mol. The third-order valence-corrected chi connectivity index (χ3v) is 19.9. The van der Waals surface area contributed by atoms with E-state index in [1.807, 2.05) is 24.5 Å². The van der Waals surface area contributed by atoms with E-state index in [1.54, 1.807) is 0 Å². The Hall–Kier alpha value is -13.4. The van der Waals surface area contributed by atoms with Crippen molar-refractivity contribution in [1.29, 1.82) is 0 Å². The molecule has 468 valence electrons. The molecule has 6 heterocycles. The summed E-state index contributed by atoms with van der Waals surface area (Å²) in [6, 6.07) is 131. The van der Waals surface area contributed by atoms with Crippen molar-refractivity contribution in [3.63, 3.8) is 0 Å². The largest absolute Gasteiger partial charge is 0.309 e. The number of aromatic nitrogens is 6. The molecule has 20 aromatic rings. The molecule has 0 spiro atoms. The molecule has 0 atom stereocenters. The van der Waals surface area contributed by atoms with Gasteiger partial charge in [0.25, 0.3) is 0 Å². The Morgan fingerprint density at radius 3 is 0.810 bits per heavy atom. The maximum absolute atomic E-state index is 4.90. The average molecular weight is 1280 g/mol. The maximum Gasteiger partial charge on any atom is 0.0963 e. The molecule has 14 aromatic carbocycles. The lowest BCUT2D eigenvalue weighted by Gasteiger charge is -2.11. The molecule has 6 heteroatoms. The van der Waals surface area contributed by atoms with Crippen molar-refractivity contribution in [3.8, 4) is 89.5 Å². The van der Waals surface area contributed by atoms with Gasteiger partial charge in [-0.2, -0.15) is 0 Å². The summed E-state index contributed by atoms with van der Waals surface area (Å²) in [5.41, 5.74) is 30.2. The zero-order chi connectivity index (χ0) is 66.0. The zero-order valence-corrected chi connectivity index (χ0v) is 54.5. The smallest absolute Gasteiger partial charge is 0.0963 e. The number of fused-ring (bicyclic) bond motifs is 12. The van der Waals surface area contributed by atoms with Crippen LogP contribution in [0.15, 0.2) is 376 Å². The fourth-order valence-corrected chi connectivity index (χ4v) is 15.2.